The maximum atomic E-state index is 10.8. The van der Waals surface area contributed by atoms with E-state index in [1.165, 1.54) is 5.69 Å². The Bertz CT molecular complexity index is 386. The van der Waals surface area contributed by atoms with Crippen LogP contribution in [0.1, 0.15) is 0 Å². The van der Waals surface area contributed by atoms with Gasteiger partial charge in [0.2, 0.25) is 0 Å². The molecule has 1 fully saturated rings. The molecule has 1 aromatic carbocycles. The summed E-state index contributed by atoms with van der Waals surface area (Å²) in [5.74, 6) is 0. The molecule has 1 aliphatic heterocycles. The number of ether oxygens (including phenoxy) is 1. The molecule has 0 bridgehead atoms. The fraction of sp³-hybridized carbons (Fsp3) is 0.462. The van der Waals surface area contributed by atoms with Gasteiger partial charge in [0.1, 0.15) is 0 Å². The third-order valence-corrected chi connectivity index (χ3v) is 3.29. The van der Waals surface area contributed by atoms with Crippen LogP contribution in [0.15, 0.2) is 24.3 Å². The second kappa shape index (κ2) is 5.84. The van der Waals surface area contributed by atoms with Crippen molar-refractivity contribution in [2.75, 3.05) is 43.9 Å². The highest BCUT2D eigenvalue weighted by Crippen LogP contribution is 2.18. The first-order valence-corrected chi connectivity index (χ1v) is 6.07. The van der Waals surface area contributed by atoms with Crippen LogP contribution in [0.25, 0.3) is 0 Å². The summed E-state index contributed by atoms with van der Waals surface area (Å²) in [6.45, 7) is 3.42. The lowest BCUT2D eigenvalue weighted by atomic mass is 10.2. The molecule has 0 amide bonds. The zero-order valence-electron chi connectivity index (χ0n) is 10.6. The molecule has 0 spiro atoms. The van der Waals surface area contributed by atoms with Crippen molar-refractivity contribution in [3.63, 3.8) is 0 Å². The Kier molecular flexibility index (Phi) is 4.17. The number of anilines is 2. The van der Waals surface area contributed by atoms with Gasteiger partial charge in [0.05, 0.1) is 0 Å². The van der Waals surface area contributed by atoms with Crippen molar-refractivity contribution < 1.29 is 9.53 Å². The molecule has 0 saturated carbocycles. The van der Waals surface area contributed by atoms with Crippen LogP contribution in [0.2, 0.25) is 0 Å². The second-order valence-electron chi connectivity index (χ2n) is 4.38. The molecule has 1 heterocycles. The molecule has 2 N–H and O–H groups in total. The van der Waals surface area contributed by atoms with Crippen molar-refractivity contribution in [2.24, 2.45) is 0 Å². The minimum Gasteiger partial charge on any atom is -0.399 e. The predicted octanol–water partition coefficient (Wildman–Crippen LogP) is 0.562. The number of piperazine rings is 1. The molecule has 98 valence electrons. The monoisotopic (exact) mass is 249 g/mol. The fourth-order valence-corrected chi connectivity index (χ4v) is 2.21. The predicted molar refractivity (Wildman–Crippen MR) is 71.5 cm³/mol. The summed E-state index contributed by atoms with van der Waals surface area (Å²) >= 11 is 0. The number of carbonyl (C=O) groups is 1. The summed E-state index contributed by atoms with van der Waals surface area (Å²) in [5.41, 5.74) is 7.62. The van der Waals surface area contributed by atoms with Crippen molar-refractivity contribution in [2.45, 2.75) is 6.23 Å². The summed E-state index contributed by atoms with van der Waals surface area (Å²) in [5, 5.41) is 0. The summed E-state index contributed by atoms with van der Waals surface area (Å²) in [6.07, 6.45) is 0.428. The third-order valence-electron chi connectivity index (χ3n) is 3.29. The van der Waals surface area contributed by atoms with Crippen molar-refractivity contribution in [1.29, 1.82) is 0 Å². The molecule has 1 aliphatic rings. The second-order valence-corrected chi connectivity index (χ2v) is 4.38. The molecule has 5 nitrogen and oxygen atoms in total. The van der Waals surface area contributed by atoms with Gasteiger partial charge in [-0.05, 0) is 24.3 Å². The van der Waals surface area contributed by atoms with Gasteiger partial charge in [-0.15, -0.1) is 0 Å². The standard InChI is InChI=1S/C13H19N3O2/c1-18-13(10-17)16-8-6-15(7-9-16)12-4-2-11(14)3-5-12/h2-5,10,13H,6-9,14H2,1H3. The number of hydrogen-bond donors (Lipinski definition) is 1. The van der Waals surface area contributed by atoms with Gasteiger partial charge >= 0.3 is 0 Å². The molecule has 1 atom stereocenters. The quantitative estimate of drug-likeness (QED) is 0.624. The highest BCUT2D eigenvalue weighted by molar-refractivity contribution is 5.56. The zero-order chi connectivity index (χ0) is 13.0. The number of hydrogen-bond acceptors (Lipinski definition) is 5. The van der Waals surface area contributed by atoms with Gasteiger partial charge in [0, 0.05) is 44.7 Å². The first kappa shape index (κ1) is 12.9. The summed E-state index contributed by atoms with van der Waals surface area (Å²) in [7, 11) is 1.56. The third kappa shape index (κ3) is 2.80. The van der Waals surface area contributed by atoms with E-state index < -0.39 is 6.23 Å². The number of benzene rings is 1. The Morgan fingerprint density at radius 3 is 2.33 bits per heavy atom. The Morgan fingerprint density at radius 2 is 1.83 bits per heavy atom. The molecule has 1 saturated heterocycles. The van der Waals surface area contributed by atoms with Gasteiger partial charge in [-0.1, -0.05) is 0 Å². The van der Waals surface area contributed by atoms with Gasteiger partial charge in [-0.25, -0.2) is 0 Å². The average molecular weight is 249 g/mol. The van der Waals surface area contributed by atoms with E-state index in [9.17, 15) is 4.79 Å². The smallest absolute Gasteiger partial charge is 0.166 e. The SMILES string of the molecule is COC(C=O)N1CCN(c2ccc(N)cc2)CC1. The molecule has 0 aromatic heterocycles. The normalized spacial score (nSPS) is 18.6. The minimum absolute atomic E-state index is 0.418. The van der Waals surface area contributed by atoms with E-state index in [0.717, 1.165) is 38.2 Å². The Labute approximate surface area is 107 Å². The lowest BCUT2D eigenvalue weighted by Gasteiger charge is -2.37. The van der Waals surface area contributed by atoms with E-state index in [1.807, 2.05) is 29.2 Å². The summed E-state index contributed by atoms with van der Waals surface area (Å²) in [6, 6.07) is 7.87. The van der Waals surface area contributed by atoms with E-state index in [0.29, 0.717) is 0 Å². The lowest BCUT2D eigenvalue weighted by Crippen LogP contribution is -2.51. The number of nitrogens with two attached hydrogens (primary N) is 1. The largest absolute Gasteiger partial charge is 0.399 e. The zero-order valence-corrected chi connectivity index (χ0v) is 10.6. The van der Waals surface area contributed by atoms with Crippen molar-refractivity contribution in [3.05, 3.63) is 24.3 Å². The van der Waals surface area contributed by atoms with Crippen LogP contribution >= 0.6 is 0 Å². The van der Waals surface area contributed by atoms with E-state index in [4.69, 9.17) is 10.5 Å². The maximum Gasteiger partial charge on any atom is 0.166 e. The Hall–Kier alpha value is -1.59. The topological polar surface area (TPSA) is 58.8 Å². The van der Waals surface area contributed by atoms with Gasteiger partial charge in [-0.3, -0.25) is 9.69 Å². The number of nitrogen functional groups attached to an aromatic ring is 1. The first-order chi connectivity index (χ1) is 8.74. The van der Waals surface area contributed by atoms with Crippen LogP contribution in [0, 0.1) is 0 Å². The number of methoxy groups -OCH3 is 1. The van der Waals surface area contributed by atoms with Gasteiger partial charge in [0.15, 0.2) is 12.5 Å². The molecule has 2 rings (SSSR count). The van der Waals surface area contributed by atoms with E-state index >= 15 is 0 Å². The van der Waals surface area contributed by atoms with Gasteiger partial charge in [-0.2, -0.15) is 0 Å². The van der Waals surface area contributed by atoms with Crippen molar-refractivity contribution >= 4 is 17.7 Å². The summed E-state index contributed by atoms with van der Waals surface area (Å²) in [4.78, 5) is 15.2. The van der Waals surface area contributed by atoms with Crippen LogP contribution in [0.3, 0.4) is 0 Å². The van der Waals surface area contributed by atoms with Gasteiger partial charge < -0.3 is 15.4 Å². The number of nitrogens with zero attached hydrogens (tertiary/aromatic N) is 2. The highest BCUT2D eigenvalue weighted by atomic mass is 16.5. The van der Waals surface area contributed by atoms with Crippen LogP contribution in [-0.4, -0.2) is 50.7 Å². The maximum absolute atomic E-state index is 10.8. The molecule has 1 aromatic rings. The fourth-order valence-electron chi connectivity index (χ4n) is 2.21. The van der Waals surface area contributed by atoms with Crippen molar-refractivity contribution in [3.8, 4) is 0 Å². The summed E-state index contributed by atoms with van der Waals surface area (Å²) < 4.78 is 5.12. The first-order valence-electron chi connectivity index (χ1n) is 6.07. The Balaban J connectivity index is 1.94. The average Bonchev–Trinajstić information content (AvgIpc) is 2.42. The van der Waals surface area contributed by atoms with Crippen LogP contribution in [0.4, 0.5) is 11.4 Å². The van der Waals surface area contributed by atoms with Gasteiger partial charge in [0.25, 0.3) is 0 Å². The van der Waals surface area contributed by atoms with Crippen LogP contribution in [0.5, 0.6) is 0 Å². The molecular formula is C13H19N3O2. The minimum atomic E-state index is -0.418. The van der Waals surface area contributed by atoms with Crippen LogP contribution in [-0.2, 0) is 9.53 Å². The molecule has 5 heteroatoms. The van der Waals surface area contributed by atoms with Crippen molar-refractivity contribution in [1.82, 2.24) is 4.90 Å². The number of carbonyl (C=O) groups excluding carboxylic acids is 1. The number of aldehydes is 1. The van der Waals surface area contributed by atoms with E-state index in [-0.39, 0.29) is 0 Å². The van der Waals surface area contributed by atoms with E-state index in [2.05, 4.69) is 4.90 Å². The lowest BCUT2D eigenvalue weighted by molar-refractivity contribution is -0.127. The molecular weight excluding hydrogens is 230 g/mol. The molecule has 1 unspecified atom stereocenters. The molecule has 0 aliphatic carbocycles. The highest BCUT2D eigenvalue weighted by Gasteiger charge is 2.23. The molecule has 18 heavy (non-hydrogen) atoms. The molecule has 0 radical (unpaired) electrons. The number of rotatable bonds is 4. The Morgan fingerprint density at radius 1 is 1.22 bits per heavy atom. The van der Waals surface area contributed by atoms with E-state index in [1.54, 1.807) is 7.11 Å². The van der Waals surface area contributed by atoms with Crippen LogP contribution < -0.4 is 10.6 Å².